The SMILES string of the molecule is Cc1ccc(-c2nc3cc(Cl)ccc3o2)cc1NC(=O)CC#N. The minimum atomic E-state index is -0.350. The fourth-order valence-electron chi connectivity index (χ4n) is 2.18. The summed E-state index contributed by atoms with van der Waals surface area (Å²) >= 11 is 5.95. The van der Waals surface area contributed by atoms with Gasteiger partial charge in [-0.1, -0.05) is 17.7 Å². The first-order valence-corrected chi connectivity index (χ1v) is 7.28. The van der Waals surface area contributed by atoms with Crippen LogP contribution in [0.1, 0.15) is 12.0 Å². The van der Waals surface area contributed by atoms with Gasteiger partial charge in [0.25, 0.3) is 0 Å². The number of carbonyl (C=O) groups excluding carboxylic acids is 1. The van der Waals surface area contributed by atoms with Crippen molar-refractivity contribution in [3.8, 4) is 17.5 Å². The summed E-state index contributed by atoms with van der Waals surface area (Å²) in [6.07, 6.45) is -0.189. The summed E-state index contributed by atoms with van der Waals surface area (Å²) in [5, 5.41) is 11.9. The van der Waals surface area contributed by atoms with Crippen molar-refractivity contribution >= 4 is 34.3 Å². The van der Waals surface area contributed by atoms with Gasteiger partial charge >= 0.3 is 0 Å². The molecule has 5 nitrogen and oxygen atoms in total. The first kappa shape index (κ1) is 15.1. The highest BCUT2D eigenvalue weighted by molar-refractivity contribution is 6.31. The van der Waals surface area contributed by atoms with Crippen molar-refractivity contribution in [2.45, 2.75) is 13.3 Å². The molecular weight excluding hydrogens is 314 g/mol. The summed E-state index contributed by atoms with van der Waals surface area (Å²) in [4.78, 5) is 16.0. The van der Waals surface area contributed by atoms with Crippen molar-refractivity contribution in [3.05, 3.63) is 47.0 Å². The monoisotopic (exact) mass is 325 g/mol. The lowest BCUT2D eigenvalue weighted by atomic mass is 10.1. The molecule has 114 valence electrons. The summed E-state index contributed by atoms with van der Waals surface area (Å²) in [5.41, 5.74) is 3.56. The van der Waals surface area contributed by atoms with E-state index in [1.807, 2.05) is 25.1 Å². The Labute approximate surface area is 137 Å². The number of amides is 1. The number of hydrogen-bond donors (Lipinski definition) is 1. The fourth-order valence-corrected chi connectivity index (χ4v) is 2.35. The molecule has 0 radical (unpaired) electrons. The molecule has 0 saturated carbocycles. The molecule has 0 spiro atoms. The number of nitriles is 1. The predicted molar refractivity (Wildman–Crippen MR) is 88.1 cm³/mol. The highest BCUT2D eigenvalue weighted by atomic mass is 35.5. The van der Waals surface area contributed by atoms with E-state index in [1.165, 1.54) is 0 Å². The average Bonchev–Trinajstić information content (AvgIpc) is 2.92. The quantitative estimate of drug-likeness (QED) is 0.778. The van der Waals surface area contributed by atoms with Crippen molar-refractivity contribution in [2.24, 2.45) is 0 Å². The Morgan fingerprint density at radius 1 is 1.35 bits per heavy atom. The fraction of sp³-hybridized carbons (Fsp3) is 0.118. The summed E-state index contributed by atoms with van der Waals surface area (Å²) in [5.74, 6) is 0.0927. The molecule has 3 rings (SSSR count). The molecule has 1 N–H and O–H groups in total. The Bertz CT molecular complexity index is 941. The van der Waals surface area contributed by atoms with Crippen LogP contribution in [0.15, 0.2) is 40.8 Å². The zero-order valence-electron chi connectivity index (χ0n) is 12.3. The Hall–Kier alpha value is -2.84. The van der Waals surface area contributed by atoms with E-state index in [2.05, 4.69) is 10.3 Å². The Morgan fingerprint density at radius 3 is 2.96 bits per heavy atom. The van der Waals surface area contributed by atoms with Gasteiger partial charge in [-0.25, -0.2) is 4.98 Å². The highest BCUT2D eigenvalue weighted by Crippen LogP contribution is 2.29. The number of halogens is 1. The Balaban J connectivity index is 1.98. The van der Waals surface area contributed by atoms with Gasteiger partial charge in [0.15, 0.2) is 5.58 Å². The summed E-state index contributed by atoms with van der Waals surface area (Å²) in [7, 11) is 0. The van der Waals surface area contributed by atoms with E-state index in [0.29, 0.717) is 27.7 Å². The number of hydrogen-bond acceptors (Lipinski definition) is 4. The maximum Gasteiger partial charge on any atom is 0.238 e. The first-order valence-electron chi connectivity index (χ1n) is 6.91. The number of fused-ring (bicyclic) bond motifs is 1. The highest BCUT2D eigenvalue weighted by Gasteiger charge is 2.11. The number of oxazole rings is 1. The molecule has 6 heteroatoms. The molecule has 0 aliphatic rings. The van der Waals surface area contributed by atoms with Crippen molar-refractivity contribution < 1.29 is 9.21 Å². The van der Waals surface area contributed by atoms with Gasteiger partial charge in [-0.15, -0.1) is 0 Å². The van der Waals surface area contributed by atoms with Crippen LogP contribution in [0, 0.1) is 18.3 Å². The van der Waals surface area contributed by atoms with Crippen molar-refractivity contribution in [3.63, 3.8) is 0 Å². The van der Waals surface area contributed by atoms with Gasteiger partial charge in [-0.2, -0.15) is 5.26 Å². The van der Waals surface area contributed by atoms with Gasteiger partial charge in [-0.3, -0.25) is 4.79 Å². The molecule has 0 saturated heterocycles. The van der Waals surface area contributed by atoms with Crippen molar-refractivity contribution in [1.82, 2.24) is 4.98 Å². The zero-order chi connectivity index (χ0) is 16.4. The normalized spacial score (nSPS) is 10.5. The van der Waals surface area contributed by atoms with Crippen molar-refractivity contribution in [2.75, 3.05) is 5.32 Å². The second-order valence-corrected chi connectivity index (χ2v) is 5.48. The molecule has 1 amide bonds. The lowest BCUT2D eigenvalue weighted by Gasteiger charge is -2.08. The molecule has 1 heterocycles. The molecular formula is C17H12ClN3O2. The van der Waals surface area contributed by atoms with E-state index in [0.717, 1.165) is 11.1 Å². The standard InChI is InChI=1S/C17H12ClN3O2/c1-10-2-3-11(8-13(10)20-16(22)6-7-19)17-21-14-9-12(18)4-5-15(14)23-17/h2-5,8-9H,6H2,1H3,(H,20,22). The minimum Gasteiger partial charge on any atom is -0.436 e. The topological polar surface area (TPSA) is 78.9 Å². The van der Waals surface area contributed by atoms with Crippen LogP contribution < -0.4 is 5.32 Å². The summed E-state index contributed by atoms with van der Waals surface area (Å²) < 4.78 is 5.72. The van der Waals surface area contributed by atoms with Crippen LogP contribution in [-0.4, -0.2) is 10.9 Å². The van der Waals surface area contributed by atoms with Gasteiger partial charge in [0.05, 0.1) is 6.07 Å². The first-order chi connectivity index (χ1) is 11.1. The third-order valence-corrected chi connectivity index (χ3v) is 3.58. The summed E-state index contributed by atoms with van der Waals surface area (Å²) in [6.45, 7) is 1.87. The van der Waals surface area contributed by atoms with Crippen LogP contribution in [-0.2, 0) is 4.79 Å². The van der Waals surface area contributed by atoms with Gasteiger partial charge in [0.2, 0.25) is 11.8 Å². The molecule has 0 atom stereocenters. The number of nitrogens with zero attached hydrogens (tertiary/aromatic N) is 2. The van der Waals surface area contributed by atoms with E-state index in [9.17, 15) is 4.79 Å². The molecule has 0 bridgehead atoms. The Kier molecular flexibility index (Phi) is 4.00. The predicted octanol–water partition coefficient (Wildman–Crippen LogP) is 4.31. The number of benzene rings is 2. The molecule has 0 aliphatic carbocycles. The second-order valence-electron chi connectivity index (χ2n) is 5.04. The van der Waals surface area contributed by atoms with Crippen LogP contribution in [0.2, 0.25) is 5.02 Å². The van der Waals surface area contributed by atoms with E-state index in [-0.39, 0.29) is 12.3 Å². The molecule has 3 aromatic rings. The molecule has 1 aromatic heterocycles. The molecule has 0 fully saturated rings. The summed E-state index contributed by atoms with van der Waals surface area (Å²) in [6, 6.07) is 12.5. The third kappa shape index (κ3) is 3.17. The smallest absolute Gasteiger partial charge is 0.238 e. The largest absolute Gasteiger partial charge is 0.436 e. The van der Waals surface area contributed by atoms with Crippen LogP contribution in [0.3, 0.4) is 0 Å². The minimum absolute atomic E-state index is 0.189. The number of aromatic nitrogens is 1. The van der Waals surface area contributed by atoms with Crippen molar-refractivity contribution in [1.29, 1.82) is 5.26 Å². The Morgan fingerprint density at radius 2 is 2.17 bits per heavy atom. The number of nitrogens with one attached hydrogen (secondary N) is 1. The molecule has 23 heavy (non-hydrogen) atoms. The number of rotatable bonds is 3. The maximum absolute atomic E-state index is 11.6. The van der Waals surface area contributed by atoms with Crippen LogP contribution in [0.4, 0.5) is 5.69 Å². The number of carbonyl (C=O) groups is 1. The van der Waals surface area contributed by atoms with Gasteiger partial charge in [0, 0.05) is 16.3 Å². The van der Waals surface area contributed by atoms with E-state index < -0.39 is 0 Å². The average molecular weight is 326 g/mol. The number of aryl methyl sites for hydroxylation is 1. The van der Waals surface area contributed by atoms with Gasteiger partial charge < -0.3 is 9.73 Å². The third-order valence-electron chi connectivity index (χ3n) is 3.35. The van der Waals surface area contributed by atoms with E-state index in [1.54, 1.807) is 24.3 Å². The van der Waals surface area contributed by atoms with E-state index in [4.69, 9.17) is 21.3 Å². The number of anilines is 1. The van der Waals surface area contributed by atoms with Gasteiger partial charge in [0.1, 0.15) is 11.9 Å². The lowest BCUT2D eigenvalue weighted by Crippen LogP contribution is -2.11. The molecule has 0 aliphatic heterocycles. The van der Waals surface area contributed by atoms with Gasteiger partial charge in [-0.05, 0) is 42.8 Å². The van der Waals surface area contributed by atoms with Crippen LogP contribution in [0.25, 0.3) is 22.6 Å². The van der Waals surface area contributed by atoms with E-state index >= 15 is 0 Å². The molecule has 0 unspecified atom stereocenters. The van der Waals surface area contributed by atoms with Crippen LogP contribution in [0.5, 0.6) is 0 Å². The maximum atomic E-state index is 11.6. The van der Waals surface area contributed by atoms with Crippen LogP contribution >= 0.6 is 11.6 Å². The zero-order valence-corrected chi connectivity index (χ0v) is 13.0. The molecule has 2 aromatic carbocycles. The second kappa shape index (κ2) is 6.11. The lowest BCUT2D eigenvalue weighted by molar-refractivity contribution is -0.115.